The molecular weight excluding hydrogens is 649 g/mol. The number of nitrogens with one attached hydrogen (secondary N) is 1. The molecule has 4 rings (SSSR count). The minimum atomic E-state index is -3.88. The molecule has 3 aromatic carbocycles. The first-order valence-electron chi connectivity index (χ1n) is 13.3. The van der Waals surface area contributed by atoms with Crippen molar-refractivity contribution >= 4 is 66.7 Å². The van der Waals surface area contributed by atoms with Gasteiger partial charge in [-0.15, -0.1) is 0 Å². The number of carbonyl (C=O) groups is 2. The number of rotatable bonds is 11. The zero-order valence-electron chi connectivity index (χ0n) is 22.6. The molecule has 0 bridgehead atoms. The van der Waals surface area contributed by atoms with Crippen molar-refractivity contribution in [3.63, 3.8) is 0 Å². The van der Waals surface area contributed by atoms with Crippen LogP contribution in [0.1, 0.15) is 36.8 Å². The summed E-state index contributed by atoms with van der Waals surface area (Å²) >= 11 is 16.4. The molecule has 218 valence electrons. The van der Waals surface area contributed by atoms with Gasteiger partial charge in [-0.05, 0) is 58.6 Å². The van der Waals surface area contributed by atoms with E-state index >= 15 is 0 Å². The highest BCUT2D eigenvalue weighted by Crippen LogP contribution is 2.30. The number of para-hydroxylation sites is 1. The summed E-state index contributed by atoms with van der Waals surface area (Å²) in [4.78, 5) is 29.5. The maximum atomic E-state index is 14.2. The Bertz CT molecular complexity index is 1460. The number of benzene rings is 3. The number of nitrogens with zero attached hydrogens (tertiary/aromatic N) is 2. The van der Waals surface area contributed by atoms with Crippen molar-refractivity contribution in [3.05, 3.63) is 98.4 Å². The monoisotopic (exact) mass is 679 g/mol. The van der Waals surface area contributed by atoms with Gasteiger partial charge in [0.1, 0.15) is 12.6 Å². The van der Waals surface area contributed by atoms with Crippen LogP contribution in [0.5, 0.6) is 0 Å². The van der Waals surface area contributed by atoms with Crippen molar-refractivity contribution < 1.29 is 18.0 Å². The second kappa shape index (κ2) is 14.1. The maximum Gasteiger partial charge on any atom is 0.244 e. The quantitative estimate of drug-likeness (QED) is 0.261. The predicted molar refractivity (Wildman–Crippen MR) is 168 cm³/mol. The summed E-state index contributed by atoms with van der Waals surface area (Å²) in [7, 11) is -3.88. The van der Waals surface area contributed by atoms with E-state index in [-0.39, 0.29) is 24.9 Å². The van der Waals surface area contributed by atoms with Crippen molar-refractivity contribution in [1.82, 2.24) is 10.2 Å². The number of hydrogen-bond donors (Lipinski definition) is 1. The van der Waals surface area contributed by atoms with Crippen LogP contribution in [0.3, 0.4) is 0 Å². The van der Waals surface area contributed by atoms with Gasteiger partial charge in [0.05, 0.1) is 11.9 Å². The average molecular weight is 681 g/mol. The molecular formula is C30H32BrCl2N3O4S. The van der Waals surface area contributed by atoms with Gasteiger partial charge in [0.25, 0.3) is 0 Å². The van der Waals surface area contributed by atoms with E-state index < -0.39 is 28.5 Å². The van der Waals surface area contributed by atoms with Crippen molar-refractivity contribution in [3.8, 4) is 0 Å². The van der Waals surface area contributed by atoms with Crippen LogP contribution in [0.25, 0.3) is 0 Å². The minimum Gasteiger partial charge on any atom is -0.352 e. The molecule has 0 heterocycles. The van der Waals surface area contributed by atoms with Gasteiger partial charge in [-0.25, -0.2) is 8.42 Å². The summed E-state index contributed by atoms with van der Waals surface area (Å²) in [5, 5.41) is 3.82. The Kier molecular flexibility index (Phi) is 10.7. The van der Waals surface area contributed by atoms with Crippen molar-refractivity contribution in [2.45, 2.75) is 50.7 Å². The Morgan fingerprint density at radius 1 is 0.951 bits per heavy atom. The zero-order chi connectivity index (χ0) is 29.6. The second-order valence-electron chi connectivity index (χ2n) is 10.1. The Hall–Kier alpha value is -2.59. The molecule has 2 amide bonds. The van der Waals surface area contributed by atoms with Crippen molar-refractivity contribution in [2.75, 3.05) is 17.1 Å². The SMILES string of the molecule is CS(=O)(=O)N(CC(=O)N(Cc1c(Cl)cccc1Cl)C(Cc1ccccc1)C(=O)NC1CCCC1)c1ccccc1Br. The van der Waals surface area contributed by atoms with E-state index in [0.29, 0.717) is 25.8 Å². The summed E-state index contributed by atoms with van der Waals surface area (Å²) < 4.78 is 27.4. The van der Waals surface area contributed by atoms with E-state index in [4.69, 9.17) is 23.2 Å². The van der Waals surface area contributed by atoms with Crippen molar-refractivity contribution in [1.29, 1.82) is 0 Å². The third-order valence-corrected chi connectivity index (χ3v) is 9.67. The molecule has 0 radical (unpaired) electrons. The first kappa shape index (κ1) is 31.3. The standard InChI is InChI=1S/C30H32BrCl2N3O4S/c1-41(39,40)36(27-17-8-7-14-24(27)31)20-29(37)35(19-23-25(32)15-9-16-26(23)33)28(18-21-10-3-2-4-11-21)30(38)34-22-12-5-6-13-22/h2-4,7-11,14-17,22,28H,5-6,12-13,18-20H2,1H3,(H,34,38). The Labute approximate surface area is 260 Å². The molecule has 0 aromatic heterocycles. The van der Waals surface area contributed by atoms with Gasteiger partial charge in [0, 0.05) is 39.1 Å². The number of halogens is 3. The molecule has 1 aliphatic carbocycles. The van der Waals surface area contributed by atoms with Crippen LogP contribution in [-0.4, -0.2) is 50.0 Å². The molecule has 3 aromatic rings. The Morgan fingerprint density at radius 2 is 1.56 bits per heavy atom. The van der Waals surface area contributed by atoms with Crippen LogP contribution < -0.4 is 9.62 Å². The normalized spacial score (nSPS) is 14.4. The van der Waals surface area contributed by atoms with Gasteiger partial charge in [0.15, 0.2) is 0 Å². The number of sulfonamides is 1. The smallest absolute Gasteiger partial charge is 0.244 e. The lowest BCUT2D eigenvalue weighted by molar-refractivity contribution is -0.140. The summed E-state index contributed by atoms with van der Waals surface area (Å²) in [6.07, 6.45) is 5.07. The molecule has 1 N–H and O–H groups in total. The highest BCUT2D eigenvalue weighted by Gasteiger charge is 2.35. The average Bonchev–Trinajstić information content (AvgIpc) is 3.44. The van der Waals surface area contributed by atoms with Crippen LogP contribution in [-0.2, 0) is 32.6 Å². The summed E-state index contributed by atoms with van der Waals surface area (Å²) in [5.41, 5.74) is 1.64. The van der Waals surface area contributed by atoms with Crippen LogP contribution in [0, 0.1) is 0 Å². The molecule has 11 heteroatoms. The van der Waals surface area contributed by atoms with E-state index in [1.165, 1.54) is 4.90 Å². The van der Waals surface area contributed by atoms with E-state index in [1.807, 2.05) is 30.3 Å². The third-order valence-electron chi connectivity index (χ3n) is 7.16. The van der Waals surface area contributed by atoms with Crippen LogP contribution in [0.15, 0.2) is 77.3 Å². The Morgan fingerprint density at radius 3 is 2.17 bits per heavy atom. The Balaban J connectivity index is 1.77. The zero-order valence-corrected chi connectivity index (χ0v) is 26.5. The fourth-order valence-corrected chi connectivity index (χ4v) is 7.02. The highest BCUT2D eigenvalue weighted by atomic mass is 79.9. The lowest BCUT2D eigenvalue weighted by atomic mass is 10.0. The summed E-state index contributed by atoms with van der Waals surface area (Å²) in [5.74, 6) is -0.867. The molecule has 1 fully saturated rings. The third kappa shape index (κ3) is 8.25. The van der Waals surface area contributed by atoms with Crippen LogP contribution in [0.2, 0.25) is 10.0 Å². The first-order chi connectivity index (χ1) is 19.5. The van der Waals surface area contributed by atoms with Crippen molar-refractivity contribution in [2.24, 2.45) is 0 Å². The lowest BCUT2D eigenvalue weighted by Crippen LogP contribution is -2.54. The van der Waals surface area contributed by atoms with Gasteiger partial charge >= 0.3 is 0 Å². The highest BCUT2D eigenvalue weighted by molar-refractivity contribution is 9.10. The van der Waals surface area contributed by atoms with E-state index in [1.54, 1.807) is 42.5 Å². The van der Waals surface area contributed by atoms with Gasteiger partial charge in [-0.2, -0.15) is 0 Å². The lowest BCUT2D eigenvalue weighted by Gasteiger charge is -2.34. The predicted octanol–water partition coefficient (Wildman–Crippen LogP) is 6.22. The minimum absolute atomic E-state index is 0.0226. The molecule has 1 saturated carbocycles. The number of anilines is 1. The number of carbonyl (C=O) groups excluding carboxylic acids is 2. The van der Waals surface area contributed by atoms with Gasteiger partial charge < -0.3 is 10.2 Å². The van der Waals surface area contributed by atoms with Gasteiger partial charge in [0.2, 0.25) is 21.8 Å². The van der Waals surface area contributed by atoms with E-state index in [9.17, 15) is 18.0 Å². The molecule has 1 unspecified atom stereocenters. The molecule has 0 aliphatic heterocycles. The molecule has 0 saturated heterocycles. The fourth-order valence-electron chi connectivity index (χ4n) is 5.02. The largest absolute Gasteiger partial charge is 0.352 e. The van der Waals surface area contributed by atoms with Crippen LogP contribution in [0.4, 0.5) is 5.69 Å². The molecule has 1 aliphatic rings. The first-order valence-corrected chi connectivity index (χ1v) is 16.7. The van der Waals surface area contributed by atoms with Gasteiger partial charge in [-0.1, -0.05) is 84.6 Å². The van der Waals surface area contributed by atoms with Gasteiger partial charge in [-0.3, -0.25) is 13.9 Å². The molecule has 7 nitrogen and oxygen atoms in total. The second-order valence-corrected chi connectivity index (χ2v) is 13.7. The van der Waals surface area contributed by atoms with E-state index in [2.05, 4.69) is 21.2 Å². The van der Waals surface area contributed by atoms with Crippen LogP contribution >= 0.6 is 39.1 Å². The maximum absolute atomic E-state index is 14.2. The molecule has 0 spiro atoms. The fraction of sp³-hybridized carbons (Fsp3) is 0.333. The van der Waals surface area contributed by atoms with E-state index in [0.717, 1.165) is 41.8 Å². The molecule has 1 atom stereocenters. The topological polar surface area (TPSA) is 86.8 Å². The number of hydrogen-bond acceptors (Lipinski definition) is 4. The number of amides is 2. The summed E-state index contributed by atoms with van der Waals surface area (Å²) in [6.45, 7) is -0.605. The summed E-state index contributed by atoms with van der Waals surface area (Å²) in [6, 6.07) is 20.3. The molecule has 41 heavy (non-hydrogen) atoms.